The molecule has 0 amide bonds. The van der Waals surface area contributed by atoms with E-state index in [1.54, 1.807) is 32.4 Å². The Morgan fingerprint density at radius 3 is 2.64 bits per heavy atom. The minimum Gasteiger partial charge on any atom is -0.493 e. The zero-order valence-corrected chi connectivity index (χ0v) is 14.0. The number of hydrogen-bond acceptors (Lipinski definition) is 6. The van der Waals surface area contributed by atoms with Gasteiger partial charge in [-0.3, -0.25) is 0 Å². The average molecular weight is 343 g/mol. The largest absolute Gasteiger partial charge is 0.493 e. The summed E-state index contributed by atoms with van der Waals surface area (Å²) in [6.07, 6.45) is 0.720. The molecule has 0 radical (unpaired) electrons. The number of benzene rings is 2. The summed E-state index contributed by atoms with van der Waals surface area (Å²) in [5, 5.41) is 6.83. The predicted octanol–water partition coefficient (Wildman–Crippen LogP) is 3.55. The minimum atomic E-state index is -0.389. The van der Waals surface area contributed by atoms with Crippen molar-refractivity contribution in [3.8, 4) is 22.9 Å². The van der Waals surface area contributed by atoms with Crippen LogP contribution in [0, 0.1) is 5.82 Å². The van der Waals surface area contributed by atoms with Gasteiger partial charge < -0.3 is 19.3 Å². The van der Waals surface area contributed by atoms with Crippen molar-refractivity contribution < 1.29 is 18.4 Å². The van der Waals surface area contributed by atoms with Crippen LogP contribution < -0.4 is 14.8 Å². The standard InChI is InChI=1S/C18H18FN3O3/c1-23-15-8-7-12(11-16(15)24-2)9-10-20-18-21-17(22-25-18)13-5-3-4-6-14(13)19/h3-8,11H,9-10H2,1-2H3,(H,20,21,22). The second-order valence-electron chi connectivity index (χ2n) is 5.27. The van der Waals surface area contributed by atoms with Crippen LogP contribution in [0.3, 0.4) is 0 Å². The maximum absolute atomic E-state index is 13.7. The third kappa shape index (κ3) is 3.88. The second kappa shape index (κ2) is 7.65. The van der Waals surface area contributed by atoms with Gasteiger partial charge in [-0.15, -0.1) is 0 Å². The van der Waals surface area contributed by atoms with Crippen molar-refractivity contribution in [1.82, 2.24) is 10.1 Å². The lowest BCUT2D eigenvalue weighted by atomic mass is 10.1. The highest BCUT2D eigenvalue weighted by Crippen LogP contribution is 2.27. The molecule has 6 nitrogen and oxygen atoms in total. The molecule has 1 heterocycles. The molecule has 1 aromatic heterocycles. The number of anilines is 1. The topological polar surface area (TPSA) is 69.4 Å². The number of nitrogens with zero attached hydrogens (tertiary/aromatic N) is 2. The van der Waals surface area contributed by atoms with Crippen molar-refractivity contribution in [3.05, 3.63) is 53.8 Å². The molecule has 0 aliphatic rings. The highest BCUT2D eigenvalue weighted by Gasteiger charge is 2.12. The first-order valence-electron chi connectivity index (χ1n) is 7.74. The summed E-state index contributed by atoms with van der Waals surface area (Å²) in [6.45, 7) is 0.578. The normalized spacial score (nSPS) is 10.5. The fourth-order valence-corrected chi connectivity index (χ4v) is 2.40. The van der Waals surface area contributed by atoms with Crippen LogP contribution in [0.2, 0.25) is 0 Å². The van der Waals surface area contributed by atoms with E-state index in [1.165, 1.54) is 6.07 Å². The lowest BCUT2D eigenvalue weighted by molar-refractivity contribution is 0.354. The van der Waals surface area contributed by atoms with E-state index in [1.807, 2.05) is 18.2 Å². The highest BCUT2D eigenvalue weighted by atomic mass is 19.1. The molecule has 7 heteroatoms. The maximum atomic E-state index is 13.7. The van der Waals surface area contributed by atoms with Gasteiger partial charge in [0, 0.05) is 6.54 Å². The molecule has 1 N–H and O–H groups in total. The summed E-state index contributed by atoms with van der Waals surface area (Å²) in [6, 6.07) is 12.3. The van der Waals surface area contributed by atoms with Crippen molar-refractivity contribution in [2.75, 3.05) is 26.1 Å². The van der Waals surface area contributed by atoms with E-state index in [-0.39, 0.29) is 17.7 Å². The number of hydrogen-bond donors (Lipinski definition) is 1. The van der Waals surface area contributed by atoms with E-state index in [0.717, 1.165) is 12.0 Å². The van der Waals surface area contributed by atoms with Gasteiger partial charge in [-0.1, -0.05) is 23.4 Å². The molecule has 3 aromatic rings. The van der Waals surface area contributed by atoms with Gasteiger partial charge in [0.05, 0.1) is 19.8 Å². The van der Waals surface area contributed by atoms with Gasteiger partial charge in [0.1, 0.15) is 5.82 Å². The Balaban J connectivity index is 1.61. The van der Waals surface area contributed by atoms with E-state index in [9.17, 15) is 4.39 Å². The van der Waals surface area contributed by atoms with E-state index in [4.69, 9.17) is 14.0 Å². The summed E-state index contributed by atoms with van der Waals surface area (Å²) in [4.78, 5) is 4.16. The molecule has 0 saturated carbocycles. The molecule has 0 spiro atoms. The number of halogens is 1. The zero-order valence-electron chi connectivity index (χ0n) is 14.0. The molecule has 130 valence electrons. The van der Waals surface area contributed by atoms with Crippen LogP contribution in [0.25, 0.3) is 11.4 Å². The Labute approximate surface area is 144 Å². The molecule has 25 heavy (non-hydrogen) atoms. The minimum absolute atomic E-state index is 0.215. The summed E-state index contributed by atoms with van der Waals surface area (Å²) >= 11 is 0. The molecule has 0 aliphatic carbocycles. The Morgan fingerprint density at radius 1 is 1.08 bits per heavy atom. The first-order valence-corrected chi connectivity index (χ1v) is 7.74. The highest BCUT2D eigenvalue weighted by molar-refractivity contribution is 5.56. The van der Waals surface area contributed by atoms with Crippen LogP contribution in [0.5, 0.6) is 11.5 Å². The number of ether oxygens (including phenoxy) is 2. The quantitative estimate of drug-likeness (QED) is 0.707. The van der Waals surface area contributed by atoms with Crippen molar-refractivity contribution in [3.63, 3.8) is 0 Å². The Bertz CT molecular complexity index is 851. The molecule has 0 atom stereocenters. The van der Waals surface area contributed by atoms with E-state index in [0.29, 0.717) is 23.6 Å². The fraction of sp³-hybridized carbons (Fsp3) is 0.222. The summed E-state index contributed by atoms with van der Waals surface area (Å²) < 4.78 is 29.3. The molecular weight excluding hydrogens is 325 g/mol. The maximum Gasteiger partial charge on any atom is 0.321 e. The van der Waals surface area contributed by atoms with Gasteiger partial charge in [-0.2, -0.15) is 4.98 Å². The lowest BCUT2D eigenvalue weighted by Gasteiger charge is -2.09. The Kier molecular flexibility index (Phi) is 5.13. The Morgan fingerprint density at radius 2 is 1.88 bits per heavy atom. The van der Waals surface area contributed by atoms with Crippen LogP contribution >= 0.6 is 0 Å². The Hall–Kier alpha value is -3.09. The molecular formula is C18H18FN3O3. The lowest BCUT2D eigenvalue weighted by Crippen LogP contribution is -2.05. The number of aromatic nitrogens is 2. The van der Waals surface area contributed by atoms with Crippen LogP contribution in [0.15, 0.2) is 47.0 Å². The van der Waals surface area contributed by atoms with Crippen molar-refractivity contribution >= 4 is 6.01 Å². The van der Waals surface area contributed by atoms with Gasteiger partial charge in [-0.25, -0.2) is 4.39 Å². The van der Waals surface area contributed by atoms with Crippen LogP contribution in [0.4, 0.5) is 10.4 Å². The van der Waals surface area contributed by atoms with Crippen molar-refractivity contribution in [1.29, 1.82) is 0 Å². The molecule has 0 bridgehead atoms. The van der Waals surface area contributed by atoms with E-state index in [2.05, 4.69) is 15.5 Å². The molecule has 3 rings (SSSR count). The monoisotopic (exact) mass is 343 g/mol. The van der Waals surface area contributed by atoms with Gasteiger partial charge >= 0.3 is 6.01 Å². The number of rotatable bonds is 7. The first kappa shape index (κ1) is 16.8. The fourth-order valence-electron chi connectivity index (χ4n) is 2.40. The van der Waals surface area contributed by atoms with Crippen LogP contribution in [-0.4, -0.2) is 30.9 Å². The van der Waals surface area contributed by atoms with Gasteiger partial charge in [0.15, 0.2) is 11.5 Å². The SMILES string of the molecule is COc1ccc(CCNc2nc(-c3ccccc3F)no2)cc1OC. The molecule has 0 saturated heterocycles. The molecule has 2 aromatic carbocycles. The average Bonchev–Trinajstić information content (AvgIpc) is 3.10. The van der Waals surface area contributed by atoms with Gasteiger partial charge in [0.2, 0.25) is 5.82 Å². The number of methoxy groups -OCH3 is 2. The van der Waals surface area contributed by atoms with E-state index >= 15 is 0 Å². The molecule has 0 unspecified atom stereocenters. The first-order chi connectivity index (χ1) is 12.2. The van der Waals surface area contributed by atoms with Gasteiger partial charge in [-0.05, 0) is 36.2 Å². The third-order valence-corrected chi connectivity index (χ3v) is 3.68. The summed E-state index contributed by atoms with van der Waals surface area (Å²) in [5.74, 6) is 1.19. The van der Waals surface area contributed by atoms with Crippen LogP contribution in [0.1, 0.15) is 5.56 Å². The summed E-state index contributed by atoms with van der Waals surface area (Å²) in [5.41, 5.74) is 1.37. The predicted molar refractivity (Wildman–Crippen MR) is 91.4 cm³/mol. The molecule has 0 aliphatic heterocycles. The third-order valence-electron chi connectivity index (χ3n) is 3.68. The van der Waals surface area contributed by atoms with E-state index < -0.39 is 0 Å². The smallest absolute Gasteiger partial charge is 0.321 e. The summed E-state index contributed by atoms with van der Waals surface area (Å²) in [7, 11) is 3.20. The van der Waals surface area contributed by atoms with Crippen LogP contribution in [-0.2, 0) is 6.42 Å². The van der Waals surface area contributed by atoms with Crippen molar-refractivity contribution in [2.45, 2.75) is 6.42 Å². The molecule has 0 fully saturated rings. The number of nitrogens with one attached hydrogen (secondary N) is 1. The zero-order chi connectivity index (χ0) is 17.6. The van der Waals surface area contributed by atoms with Gasteiger partial charge in [0.25, 0.3) is 0 Å². The second-order valence-corrected chi connectivity index (χ2v) is 5.27. The van der Waals surface area contributed by atoms with Crippen molar-refractivity contribution in [2.24, 2.45) is 0 Å².